The number of methoxy groups -OCH3 is 1. The standard InChI is InChI=1S/C13H17ClFNO4S/c1-8-5-9(21(14,18)19)6-10(11(8)15)12(17)16-13(2,3)7-20-4/h5-6H,7H2,1-4H3,(H,16,17). The number of halogens is 2. The van der Waals surface area contributed by atoms with E-state index in [-0.39, 0.29) is 22.6 Å². The van der Waals surface area contributed by atoms with E-state index in [2.05, 4.69) is 5.32 Å². The number of amides is 1. The van der Waals surface area contributed by atoms with Crippen LogP contribution in [0.4, 0.5) is 4.39 Å². The first-order valence-corrected chi connectivity index (χ1v) is 8.35. The smallest absolute Gasteiger partial charge is 0.261 e. The summed E-state index contributed by atoms with van der Waals surface area (Å²) in [6, 6.07) is 2.00. The van der Waals surface area contributed by atoms with Crippen LogP contribution in [0.25, 0.3) is 0 Å². The maximum atomic E-state index is 14.1. The Kier molecular flexibility index (Phi) is 5.35. The number of benzene rings is 1. The van der Waals surface area contributed by atoms with Crippen molar-refractivity contribution in [1.82, 2.24) is 5.32 Å². The van der Waals surface area contributed by atoms with Gasteiger partial charge in [0.25, 0.3) is 15.0 Å². The van der Waals surface area contributed by atoms with E-state index in [1.165, 1.54) is 14.0 Å². The van der Waals surface area contributed by atoms with E-state index in [4.69, 9.17) is 15.4 Å². The highest BCUT2D eigenvalue weighted by atomic mass is 35.7. The molecule has 5 nitrogen and oxygen atoms in total. The zero-order valence-electron chi connectivity index (χ0n) is 12.2. The summed E-state index contributed by atoms with van der Waals surface area (Å²) >= 11 is 0. The highest BCUT2D eigenvalue weighted by molar-refractivity contribution is 8.13. The fraction of sp³-hybridized carbons (Fsp3) is 0.462. The monoisotopic (exact) mass is 337 g/mol. The van der Waals surface area contributed by atoms with Crippen molar-refractivity contribution < 1.29 is 22.3 Å². The van der Waals surface area contributed by atoms with Crippen molar-refractivity contribution in [1.29, 1.82) is 0 Å². The van der Waals surface area contributed by atoms with Gasteiger partial charge in [-0.25, -0.2) is 12.8 Å². The van der Waals surface area contributed by atoms with Gasteiger partial charge in [-0.05, 0) is 38.5 Å². The molecule has 1 N–H and O–H groups in total. The van der Waals surface area contributed by atoms with Gasteiger partial charge in [-0.2, -0.15) is 0 Å². The van der Waals surface area contributed by atoms with Gasteiger partial charge in [0.1, 0.15) is 5.82 Å². The summed E-state index contributed by atoms with van der Waals surface area (Å²) in [5, 5.41) is 2.58. The van der Waals surface area contributed by atoms with Crippen LogP contribution in [0.3, 0.4) is 0 Å². The zero-order valence-corrected chi connectivity index (χ0v) is 13.7. The maximum absolute atomic E-state index is 14.1. The lowest BCUT2D eigenvalue weighted by atomic mass is 10.0. The topological polar surface area (TPSA) is 72.5 Å². The summed E-state index contributed by atoms with van der Waals surface area (Å²) in [5.74, 6) is -1.52. The van der Waals surface area contributed by atoms with Gasteiger partial charge in [0.15, 0.2) is 0 Å². The van der Waals surface area contributed by atoms with Gasteiger partial charge in [-0.15, -0.1) is 0 Å². The predicted octanol–water partition coefficient (Wildman–Crippen LogP) is 2.22. The highest BCUT2D eigenvalue weighted by Crippen LogP contribution is 2.22. The second-order valence-corrected chi connectivity index (χ2v) is 7.88. The molecule has 0 aliphatic heterocycles. The summed E-state index contributed by atoms with van der Waals surface area (Å²) < 4.78 is 41.7. The number of hydrogen-bond donors (Lipinski definition) is 1. The molecule has 0 heterocycles. The zero-order chi connectivity index (χ0) is 16.4. The molecule has 0 aliphatic rings. The van der Waals surface area contributed by atoms with Crippen molar-refractivity contribution in [2.45, 2.75) is 31.2 Å². The molecule has 0 saturated carbocycles. The van der Waals surface area contributed by atoms with Crippen molar-refractivity contribution in [3.63, 3.8) is 0 Å². The van der Waals surface area contributed by atoms with Gasteiger partial charge >= 0.3 is 0 Å². The van der Waals surface area contributed by atoms with Crippen LogP contribution in [-0.2, 0) is 13.8 Å². The van der Waals surface area contributed by atoms with E-state index in [0.717, 1.165) is 12.1 Å². The lowest BCUT2D eigenvalue weighted by Crippen LogP contribution is -2.47. The van der Waals surface area contributed by atoms with E-state index in [1.807, 2.05) is 0 Å². The number of carbonyl (C=O) groups is 1. The SMILES string of the molecule is COCC(C)(C)NC(=O)c1cc(S(=O)(=O)Cl)cc(C)c1F. The van der Waals surface area contributed by atoms with Crippen molar-refractivity contribution in [2.75, 3.05) is 13.7 Å². The summed E-state index contributed by atoms with van der Waals surface area (Å²) in [7, 11) is 2.66. The molecule has 0 atom stereocenters. The van der Waals surface area contributed by atoms with Crippen LogP contribution >= 0.6 is 10.7 Å². The molecule has 0 saturated heterocycles. The number of rotatable bonds is 5. The molecule has 0 radical (unpaired) electrons. The second-order valence-electron chi connectivity index (χ2n) is 5.31. The summed E-state index contributed by atoms with van der Waals surface area (Å²) in [4.78, 5) is 11.8. The van der Waals surface area contributed by atoms with Crippen molar-refractivity contribution in [3.8, 4) is 0 Å². The second kappa shape index (κ2) is 6.29. The molecule has 0 bridgehead atoms. The minimum atomic E-state index is -4.05. The Hall–Kier alpha value is -1.18. The van der Waals surface area contributed by atoms with E-state index >= 15 is 0 Å². The van der Waals surface area contributed by atoms with Crippen molar-refractivity contribution >= 4 is 25.6 Å². The van der Waals surface area contributed by atoms with Gasteiger partial charge in [0.2, 0.25) is 0 Å². The van der Waals surface area contributed by atoms with Crippen LogP contribution in [0.1, 0.15) is 29.8 Å². The maximum Gasteiger partial charge on any atom is 0.261 e. The molecule has 1 aromatic carbocycles. The number of nitrogens with one attached hydrogen (secondary N) is 1. The normalized spacial score (nSPS) is 12.3. The molecule has 0 spiro atoms. The third-order valence-electron chi connectivity index (χ3n) is 2.71. The first-order chi connectivity index (χ1) is 9.48. The van der Waals surface area contributed by atoms with Crippen molar-refractivity contribution in [2.24, 2.45) is 0 Å². The Labute approximate surface area is 127 Å². The summed E-state index contributed by atoms with van der Waals surface area (Å²) in [6.07, 6.45) is 0. The van der Waals surface area contributed by atoms with Crippen LogP contribution in [0, 0.1) is 12.7 Å². The number of aryl methyl sites for hydroxylation is 1. The summed E-state index contributed by atoms with van der Waals surface area (Å²) in [5.41, 5.74) is -1.09. The van der Waals surface area contributed by atoms with Crippen LogP contribution in [0.2, 0.25) is 0 Å². The Morgan fingerprint density at radius 2 is 2.00 bits per heavy atom. The van der Waals surface area contributed by atoms with Gasteiger partial charge in [0.05, 0.1) is 22.6 Å². The van der Waals surface area contributed by atoms with E-state index < -0.39 is 26.3 Å². The molecule has 8 heteroatoms. The third kappa shape index (κ3) is 4.66. The third-order valence-corrected chi connectivity index (χ3v) is 4.04. The highest BCUT2D eigenvalue weighted by Gasteiger charge is 2.25. The molecule has 1 rings (SSSR count). The molecule has 0 unspecified atom stereocenters. The van der Waals surface area contributed by atoms with Crippen LogP contribution in [0.15, 0.2) is 17.0 Å². The molecule has 0 aromatic heterocycles. The Morgan fingerprint density at radius 3 is 2.48 bits per heavy atom. The number of ether oxygens (including phenoxy) is 1. The average molecular weight is 338 g/mol. The van der Waals surface area contributed by atoms with E-state index in [9.17, 15) is 17.6 Å². The Bertz CT molecular complexity index is 658. The van der Waals surface area contributed by atoms with Gasteiger partial charge in [-0.3, -0.25) is 4.79 Å². The van der Waals surface area contributed by atoms with Crippen LogP contribution in [0.5, 0.6) is 0 Å². The van der Waals surface area contributed by atoms with Crippen LogP contribution < -0.4 is 5.32 Å². The first kappa shape index (κ1) is 17.9. The van der Waals surface area contributed by atoms with Crippen molar-refractivity contribution in [3.05, 3.63) is 29.1 Å². The molecule has 0 aliphatic carbocycles. The molecule has 1 amide bonds. The molecule has 21 heavy (non-hydrogen) atoms. The lowest BCUT2D eigenvalue weighted by Gasteiger charge is -2.25. The van der Waals surface area contributed by atoms with E-state index in [0.29, 0.717) is 0 Å². The predicted molar refractivity (Wildman–Crippen MR) is 77.6 cm³/mol. The van der Waals surface area contributed by atoms with Gasteiger partial charge < -0.3 is 10.1 Å². The fourth-order valence-corrected chi connectivity index (χ4v) is 2.66. The minimum absolute atomic E-state index is 0.0198. The Balaban J connectivity index is 3.24. The van der Waals surface area contributed by atoms with Crippen LogP contribution in [-0.4, -0.2) is 33.6 Å². The molecule has 0 fully saturated rings. The number of hydrogen-bond acceptors (Lipinski definition) is 4. The number of carbonyl (C=O) groups excluding carboxylic acids is 1. The molecule has 1 aromatic rings. The summed E-state index contributed by atoms with van der Waals surface area (Å²) in [6.45, 7) is 4.97. The fourth-order valence-electron chi connectivity index (χ4n) is 1.81. The molecular formula is C13H17ClFNO4S. The average Bonchev–Trinajstić information content (AvgIpc) is 2.29. The quantitative estimate of drug-likeness (QED) is 0.836. The Morgan fingerprint density at radius 1 is 1.43 bits per heavy atom. The minimum Gasteiger partial charge on any atom is -0.382 e. The first-order valence-electron chi connectivity index (χ1n) is 6.04. The molecule has 118 valence electrons. The molecular weight excluding hydrogens is 321 g/mol. The van der Waals surface area contributed by atoms with Gasteiger partial charge in [-0.1, -0.05) is 0 Å². The van der Waals surface area contributed by atoms with E-state index in [1.54, 1.807) is 13.8 Å². The largest absolute Gasteiger partial charge is 0.382 e. The van der Waals surface area contributed by atoms with Gasteiger partial charge in [0, 0.05) is 17.8 Å². The lowest BCUT2D eigenvalue weighted by molar-refractivity contribution is 0.0816.